The van der Waals surface area contributed by atoms with Gasteiger partial charge >= 0.3 is 6.18 Å². The summed E-state index contributed by atoms with van der Waals surface area (Å²) in [6, 6.07) is 0. The van der Waals surface area contributed by atoms with Crippen molar-refractivity contribution < 1.29 is 13.2 Å². The average Bonchev–Trinajstić information content (AvgIpc) is 2.82. The first kappa shape index (κ1) is 10.4. The van der Waals surface area contributed by atoms with E-state index in [0.29, 0.717) is 5.82 Å². The highest BCUT2D eigenvalue weighted by Gasteiger charge is 2.63. The molecule has 0 saturated heterocycles. The molecule has 4 nitrogen and oxygen atoms in total. The first-order valence-corrected chi connectivity index (χ1v) is 4.59. The Morgan fingerprint density at radius 1 is 1.53 bits per heavy atom. The van der Waals surface area contributed by atoms with Crippen LogP contribution in [0.5, 0.6) is 0 Å². The summed E-state index contributed by atoms with van der Waals surface area (Å²) in [7, 11) is 1.70. The average molecular weight is 220 g/mol. The third-order valence-corrected chi connectivity index (χ3v) is 2.68. The van der Waals surface area contributed by atoms with Gasteiger partial charge < -0.3 is 4.57 Å². The Labute approximate surface area is 84.5 Å². The van der Waals surface area contributed by atoms with Crippen molar-refractivity contribution in [2.75, 3.05) is 0 Å². The molecular weight excluding hydrogens is 209 g/mol. The summed E-state index contributed by atoms with van der Waals surface area (Å²) < 4.78 is 39.2. The molecule has 1 heterocycles. The molecule has 0 aliphatic heterocycles. The highest BCUT2D eigenvalue weighted by molar-refractivity contribution is 5.08. The smallest absolute Gasteiger partial charge is 0.320 e. The lowest BCUT2D eigenvalue weighted by Gasteiger charge is -2.20. The number of nitrogens with one attached hydrogen (secondary N) is 1. The summed E-state index contributed by atoms with van der Waals surface area (Å²) in [4.78, 5) is 0. The van der Waals surface area contributed by atoms with Crippen molar-refractivity contribution >= 4 is 0 Å². The number of hydrogen-bond acceptors (Lipinski definition) is 3. The summed E-state index contributed by atoms with van der Waals surface area (Å²) in [6.07, 6.45) is -2.42. The van der Waals surface area contributed by atoms with Gasteiger partial charge in [-0.05, 0) is 12.8 Å². The van der Waals surface area contributed by atoms with E-state index in [-0.39, 0.29) is 19.4 Å². The molecule has 0 radical (unpaired) electrons. The van der Waals surface area contributed by atoms with Gasteiger partial charge in [-0.25, -0.2) is 0 Å². The topological polar surface area (TPSA) is 42.7 Å². The van der Waals surface area contributed by atoms with Crippen LogP contribution < -0.4 is 5.32 Å². The molecule has 1 N–H and O–H groups in total. The molecule has 1 aliphatic rings. The number of aromatic nitrogens is 3. The third kappa shape index (κ3) is 1.83. The molecule has 0 bridgehead atoms. The van der Waals surface area contributed by atoms with Crippen molar-refractivity contribution in [3.8, 4) is 0 Å². The van der Waals surface area contributed by atoms with E-state index in [4.69, 9.17) is 0 Å². The molecule has 15 heavy (non-hydrogen) atoms. The second kappa shape index (κ2) is 3.19. The number of aryl methyl sites for hydroxylation is 1. The summed E-state index contributed by atoms with van der Waals surface area (Å²) >= 11 is 0. The maximum absolute atomic E-state index is 12.5. The zero-order valence-electron chi connectivity index (χ0n) is 8.17. The van der Waals surface area contributed by atoms with Crippen molar-refractivity contribution in [2.24, 2.45) is 7.05 Å². The van der Waals surface area contributed by atoms with Gasteiger partial charge in [-0.1, -0.05) is 0 Å². The van der Waals surface area contributed by atoms with Crippen LogP contribution in [0.15, 0.2) is 6.33 Å². The number of halogens is 3. The lowest BCUT2D eigenvalue weighted by atomic mass is 10.2. The molecule has 2 rings (SSSR count). The fourth-order valence-corrected chi connectivity index (χ4v) is 1.40. The molecule has 0 amide bonds. The second-order valence-electron chi connectivity index (χ2n) is 3.79. The van der Waals surface area contributed by atoms with Crippen LogP contribution in [-0.2, 0) is 13.6 Å². The number of alkyl halides is 3. The standard InChI is InChI=1S/C8H11F3N4/c1-15-5-13-14-6(15)4-12-7(2-3-7)8(9,10)11/h5,12H,2-4H2,1H3. The fourth-order valence-electron chi connectivity index (χ4n) is 1.40. The predicted molar refractivity (Wildman–Crippen MR) is 45.9 cm³/mol. The maximum atomic E-state index is 12.5. The molecule has 0 atom stereocenters. The van der Waals surface area contributed by atoms with E-state index in [9.17, 15) is 13.2 Å². The Morgan fingerprint density at radius 3 is 2.60 bits per heavy atom. The molecule has 0 unspecified atom stereocenters. The van der Waals surface area contributed by atoms with E-state index in [1.165, 1.54) is 6.33 Å². The van der Waals surface area contributed by atoms with Crippen molar-refractivity contribution in [3.05, 3.63) is 12.2 Å². The van der Waals surface area contributed by atoms with Gasteiger partial charge in [0.05, 0.1) is 6.54 Å². The summed E-state index contributed by atoms with van der Waals surface area (Å²) in [5.41, 5.74) is -1.68. The Kier molecular flexibility index (Phi) is 2.22. The van der Waals surface area contributed by atoms with Gasteiger partial charge in [0.1, 0.15) is 17.7 Å². The maximum Gasteiger partial charge on any atom is 0.406 e. The van der Waals surface area contributed by atoms with E-state index in [1.54, 1.807) is 11.6 Å². The summed E-state index contributed by atoms with van der Waals surface area (Å²) in [5.74, 6) is 0.505. The lowest BCUT2D eigenvalue weighted by molar-refractivity contribution is -0.166. The van der Waals surface area contributed by atoms with E-state index in [1.807, 2.05) is 0 Å². The van der Waals surface area contributed by atoms with E-state index >= 15 is 0 Å². The Bertz CT molecular complexity index is 353. The van der Waals surface area contributed by atoms with Crippen LogP contribution in [0.4, 0.5) is 13.2 Å². The molecule has 1 saturated carbocycles. The zero-order valence-corrected chi connectivity index (χ0v) is 8.17. The summed E-state index contributed by atoms with van der Waals surface area (Å²) in [6.45, 7) is 0.0933. The lowest BCUT2D eigenvalue weighted by Crippen LogP contribution is -2.44. The van der Waals surface area contributed by atoms with Crippen LogP contribution in [-0.4, -0.2) is 26.5 Å². The molecule has 1 fully saturated rings. The molecule has 7 heteroatoms. The molecule has 0 aromatic carbocycles. The van der Waals surface area contributed by atoms with Crippen LogP contribution in [0, 0.1) is 0 Å². The molecular formula is C8H11F3N4. The Balaban J connectivity index is 1.97. The van der Waals surface area contributed by atoms with E-state index in [2.05, 4.69) is 15.5 Å². The molecule has 1 aromatic heterocycles. The normalized spacial score (nSPS) is 19.2. The molecule has 1 aromatic rings. The van der Waals surface area contributed by atoms with Crippen LogP contribution in [0.1, 0.15) is 18.7 Å². The van der Waals surface area contributed by atoms with Gasteiger partial charge in [0.25, 0.3) is 0 Å². The monoisotopic (exact) mass is 220 g/mol. The molecule has 0 spiro atoms. The zero-order chi connectivity index (χ0) is 11.1. The minimum atomic E-state index is -4.18. The van der Waals surface area contributed by atoms with Gasteiger partial charge in [-0.2, -0.15) is 13.2 Å². The van der Waals surface area contributed by atoms with Gasteiger partial charge in [0.2, 0.25) is 0 Å². The van der Waals surface area contributed by atoms with Gasteiger partial charge in [0.15, 0.2) is 0 Å². The Hall–Kier alpha value is -1.11. The number of rotatable bonds is 3. The largest absolute Gasteiger partial charge is 0.406 e. The van der Waals surface area contributed by atoms with Gasteiger partial charge in [-0.3, -0.25) is 5.32 Å². The van der Waals surface area contributed by atoms with Crippen molar-refractivity contribution in [3.63, 3.8) is 0 Å². The minimum absolute atomic E-state index is 0.0933. The van der Waals surface area contributed by atoms with Gasteiger partial charge in [0, 0.05) is 7.05 Å². The van der Waals surface area contributed by atoms with Crippen LogP contribution in [0.3, 0.4) is 0 Å². The first-order chi connectivity index (χ1) is 6.95. The van der Waals surface area contributed by atoms with Gasteiger partial charge in [-0.15, -0.1) is 10.2 Å². The van der Waals surface area contributed by atoms with E-state index < -0.39 is 11.7 Å². The van der Waals surface area contributed by atoms with E-state index in [0.717, 1.165) is 0 Å². The summed E-state index contributed by atoms with van der Waals surface area (Å²) in [5, 5.41) is 9.81. The fraction of sp³-hybridized carbons (Fsp3) is 0.750. The third-order valence-electron chi connectivity index (χ3n) is 2.68. The minimum Gasteiger partial charge on any atom is -0.320 e. The number of nitrogens with zero attached hydrogens (tertiary/aromatic N) is 3. The SMILES string of the molecule is Cn1cnnc1CNC1(C(F)(F)F)CC1. The quantitative estimate of drug-likeness (QED) is 0.826. The van der Waals surface area contributed by atoms with Crippen molar-refractivity contribution in [1.29, 1.82) is 0 Å². The Morgan fingerprint density at radius 2 is 2.20 bits per heavy atom. The van der Waals surface area contributed by atoms with Crippen LogP contribution >= 0.6 is 0 Å². The predicted octanol–water partition coefficient (Wildman–Crippen LogP) is 1.000. The molecule has 84 valence electrons. The van der Waals surface area contributed by atoms with Crippen LogP contribution in [0.25, 0.3) is 0 Å². The van der Waals surface area contributed by atoms with Crippen molar-refractivity contribution in [2.45, 2.75) is 31.1 Å². The highest BCUT2D eigenvalue weighted by Crippen LogP contribution is 2.48. The van der Waals surface area contributed by atoms with Crippen molar-refractivity contribution in [1.82, 2.24) is 20.1 Å². The first-order valence-electron chi connectivity index (χ1n) is 4.59. The highest BCUT2D eigenvalue weighted by atomic mass is 19.4. The number of hydrogen-bond donors (Lipinski definition) is 1. The molecule has 1 aliphatic carbocycles. The van der Waals surface area contributed by atoms with Crippen LogP contribution in [0.2, 0.25) is 0 Å². The second-order valence-corrected chi connectivity index (χ2v) is 3.79.